The standard InChI is InChI=1S/C12H19N/c1-4-12(3,13)9-11-8-6-5-7-10(11)2/h5-8H,4,9,13H2,1-3H3. The molecule has 0 heterocycles. The molecule has 13 heavy (non-hydrogen) atoms. The smallest absolute Gasteiger partial charge is 0.0163 e. The van der Waals surface area contributed by atoms with E-state index in [4.69, 9.17) is 5.73 Å². The molecule has 1 rings (SSSR count). The summed E-state index contributed by atoms with van der Waals surface area (Å²) < 4.78 is 0. The molecule has 1 heteroatoms. The molecule has 1 atom stereocenters. The van der Waals surface area contributed by atoms with Crippen LogP contribution in [-0.2, 0) is 6.42 Å². The van der Waals surface area contributed by atoms with Crippen LogP contribution in [0.4, 0.5) is 0 Å². The van der Waals surface area contributed by atoms with Crippen LogP contribution < -0.4 is 5.73 Å². The summed E-state index contributed by atoms with van der Waals surface area (Å²) in [6.07, 6.45) is 1.98. The third kappa shape index (κ3) is 2.85. The number of nitrogens with two attached hydrogens (primary N) is 1. The maximum absolute atomic E-state index is 6.12. The highest BCUT2D eigenvalue weighted by Gasteiger charge is 2.16. The van der Waals surface area contributed by atoms with E-state index >= 15 is 0 Å². The zero-order valence-electron chi connectivity index (χ0n) is 8.80. The van der Waals surface area contributed by atoms with Gasteiger partial charge in [0.25, 0.3) is 0 Å². The van der Waals surface area contributed by atoms with Crippen LogP contribution in [0.15, 0.2) is 24.3 Å². The van der Waals surface area contributed by atoms with E-state index in [1.165, 1.54) is 11.1 Å². The van der Waals surface area contributed by atoms with Crippen LogP contribution in [0.1, 0.15) is 31.4 Å². The van der Waals surface area contributed by atoms with Crippen LogP contribution in [-0.4, -0.2) is 5.54 Å². The van der Waals surface area contributed by atoms with Crippen molar-refractivity contribution in [2.24, 2.45) is 5.73 Å². The Balaban J connectivity index is 2.80. The summed E-state index contributed by atoms with van der Waals surface area (Å²) >= 11 is 0. The first-order valence-corrected chi connectivity index (χ1v) is 4.88. The second kappa shape index (κ2) is 3.93. The predicted octanol–water partition coefficient (Wildman–Crippen LogP) is 2.66. The molecule has 0 amide bonds. The summed E-state index contributed by atoms with van der Waals surface area (Å²) in [6.45, 7) is 6.39. The number of hydrogen-bond acceptors (Lipinski definition) is 1. The molecule has 0 aliphatic rings. The fourth-order valence-electron chi connectivity index (χ4n) is 1.37. The topological polar surface area (TPSA) is 26.0 Å². The van der Waals surface area contributed by atoms with Gasteiger partial charge in [-0.1, -0.05) is 31.2 Å². The molecule has 2 N–H and O–H groups in total. The zero-order chi connectivity index (χ0) is 9.90. The third-order valence-electron chi connectivity index (χ3n) is 2.66. The molecule has 72 valence electrons. The summed E-state index contributed by atoms with van der Waals surface area (Å²) in [7, 11) is 0. The quantitative estimate of drug-likeness (QED) is 0.754. The second-order valence-electron chi connectivity index (χ2n) is 4.11. The van der Waals surface area contributed by atoms with E-state index < -0.39 is 0 Å². The number of benzene rings is 1. The van der Waals surface area contributed by atoms with Gasteiger partial charge < -0.3 is 5.73 Å². The maximum Gasteiger partial charge on any atom is 0.0163 e. The molecule has 1 nitrogen and oxygen atoms in total. The second-order valence-corrected chi connectivity index (χ2v) is 4.11. The molecule has 0 fully saturated rings. The molecule has 1 aromatic carbocycles. The van der Waals surface area contributed by atoms with Crippen LogP contribution in [0.3, 0.4) is 0 Å². The average Bonchev–Trinajstić information content (AvgIpc) is 2.09. The highest BCUT2D eigenvalue weighted by molar-refractivity contribution is 5.27. The molecule has 1 aromatic rings. The molecule has 0 aliphatic heterocycles. The van der Waals surface area contributed by atoms with E-state index in [0.29, 0.717) is 0 Å². The molecule has 0 aliphatic carbocycles. The van der Waals surface area contributed by atoms with Crippen molar-refractivity contribution in [3.8, 4) is 0 Å². The summed E-state index contributed by atoms with van der Waals surface area (Å²) in [5.74, 6) is 0. The molecular formula is C12H19N. The monoisotopic (exact) mass is 177 g/mol. The number of rotatable bonds is 3. The van der Waals surface area contributed by atoms with Gasteiger partial charge in [0.2, 0.25) is 0 Å². The van der Waals surface area contributed by atoms with Gasteiger partial charge in [-0.15, -0.1) is 0 Å². The van der Waals surface area contributed by atoms with E-state index in [2.05, 4.69) is 45.0 Å². The summed E-state index contributed by atoms with van der Waals surface area (Å²) in [5.41, 5.74) is 8.76. The van der Waals surface area contributed by atoms with E-state index in [-0.39, 0.29) is 5.54 Å². The maximum atomic E-state index is 6.12. The van der Waals surface area contributed by atoms with Crippen LogP contribution in [0.5, 0.6) is 0 Å². The van der Waals surface area contributed by atoms with Gasteiger partial charge >= 0.3 is 0 Å². The Kier molecular flexibility index (Phi) is 3.10. The van der Waals surface area contributed by atoms with Gasteiger partial charge in [0.05, 0.1) is 0 Å². The lowest BCUT2D eigenvalue weighted by Crippen LogP contribution is -2.37. The minimum absolute atomic E-state index is 0.0634. The molecular weight excluding hydrogens is 158 g/mol. The van der Waals surface area contributed by atoms with Crippen molar-refractivity contribution in [2.45, 2.75) is 39.2 Å². The minimum atomic E-state index is -0.0634. The third-order valence-corrected chi connectivity index (χ3v) is 2.66. The van der Waals surface area contributed by atoms with Crippen LogP contribution >= 0.6 is 0 Å². The lowest BCUT2D eigenvalue weighted by atomic mass is 9.89. The van der Waals surface area contributed by atoms with E-state index in [0.717, 1.165) is 12.8 Å². The van der Waals surface area contributed by atoms with Crippen molar-refractivity contribution < 1.29 is 0 Å². The van der Waals surface area contributed by atoms with Crippen molar-refractivity contribution in [1.82, 2.24) is 0 Å². The van der Waals surface area contributed by atoms with Crippen LogP contribution in [0.2, 0.25) is 0 Å². The van der Waals surface area contributed by atoms with Crippen molar-refractivity contribution in [3.05, 3.63) is 35.4 Å². The van der Waals surface area contributed by atoms with Crippen molar-refractivity contribution in [1.29, 1.82) is 0 Å². The van der Waals surface area contributed by atoms with Crippen LogP contribution in [0.25, 0.3) is 0 Å². The lowest BCUT2D eigenvalue weighted by molar-refractivity contribution is 0.449. The summed E-state index contributed by atoms with van der Waals surface area (Å²) in [6, 6.07) is 8.45. The summed E-state index contributed by atoms with van der Waals surface area (Å²) in [5, 5.41) is 0. The van der Waals surface area contributed by atoms with E-state index in [9.17, 15) is 0 Å². The van der Waals surface area contributed by atoms with Gasteiger partial charge in [-0.3, -0.25) is 0 Å². The molecule has 0 bridgehead atoms. The van der Waals surface area contributed by atoms with E-state index in [1.807, 2.05) is 0 Å². The highest BCUT2D eigenvalue weighted by Crippen LogP contribution is 2.16. The Morgan fingerprint density at radius 3 is 2.46 bits per heavy atom. The Morgan fingerprint density at radius 2 is 1.92 bits per heavy atom. The van der Waals surface area contributed by atoms with Crippen molar-refractivity contribution in [3.63, 3.8) is 0 Å². The first-order valence-electron chi connectivity index (χ1n) is 4.88. The van der Waals surface area contributed by atoms with E-state index in [1.54, 1.807) is 0 Å². The Labute approximate surface area is 81.0 Å². The van der Waals surface area contributed by atoms with Crippen molar-refractivity contribution >= 4 is 0 Å². The van der Waals surface area contributed by atoms with Crippen LogP contribution in [0, 0.1) is 6.92 Å². The largest absolute Gasteiger partial charge is 0.325 e. The van der Waals surface area contributed by atoms with Gasteiger partial charge in [0.15, 0.2) is 0 Å². The summed E-state index contributed by atoms with van der Waals surface area (Å²) in [4.78, 5) is 0. The van der Waals surface area contributed by atoms with Gasteiger partial charge in [-0.05, 0) is 37.8 Å². The SMILES string of the molecule is CCC(C)(N)Cc1ccccc1C. The highest BCUT2D eigenvalue weighted by atomic mass is 14.7. The van der Waals surface area contributed by atoms with Gasteiger partial charge in [0, 0.05) is 5.54 Å². The Hall–Kier alpha value is -0.820. The minimum Gasteiger partial charge on any atom is -0.325 e. The number of aryl methyl sites for hydroxylation is 1. The first kappa shape index (κ1) is 10.3. The van der Waals surface area contributed by atoms with Gasteiger partial charge in [-0.2, -0.15) is 0 Å². The van der Waals surface area contributed by atoms with Crippen molar-refractivity contribution in [2.75, 3.05) is 0 Å². The fraction of sp³-hybridized carbons (Fsp3) is 0.500. The fourth-order valence-corrected chi connectivity index (χ4v) is 1.37. The number of hydrogen-bond donors (Lipinski definition) is 1. The normalized spacial score (nSPS) is 15.4. The molecule has 0 spiro atoms. The lowest BCUT2D eigenvalue weighted by Gasteiger charge is -2.23. The molecule has 0 radical (unpaired) electrons. The molecule has 0 saturated carbocycles. The Bertz CT molecular complexity index is 276. The molecule has 0 saturated heterocycles. The molecule has 0 aromatic heterocycles. The zero-order valence-corrected chi connectivity index (χ0v) is 8.80. The first-order chi connectivity index (χ1) is 6.05. The van der Waals surface area contributed by atoms with Gasteiger partial charge in [-0.25, -0.2) is 0 Å². The van der Waals surface area contributed by atoms with Gasteiger partial charge in [0.1, 0.15) is 0 Å². The molecule has 1 unspecified atom stereocenters. The average molecular weight is 177 g/mol. The predicted molar refractivity (Wildman–Crippen MR) is 57.8 cm³/mol. The Morgan fingerprint density at radius 1 is 1.31 bits per heavy atom.